The van der Waals surface area contributed by atoms with Crippen molar-refractivity contribution in [3.05, 3.63) is 29.8 Å². The molecule has 0 bridgehead atoms. The van der Waals surface area contributed by atoms with E-state index < -0.39 is 8.32 Å². The fourth-order valence-electron chi connectivity index (χ4n) is 3.62. The molecule has 0 atom stereocenters. The summed E-state index contributed by atoms with van der Waals surface area (Å²) in [6.07, 6.45) is 2.25. The minimum Gasteiger partial charge on any atom is -0.460 e. The average molecular weight is 704 g/mol. The van der Waals surface area contributed by atoms with E-state index in [-0.39, 0.29) is 17.6 Å². The number of carbonyl (C=O) groups excluding carboxylic acids is 1. The van der Waals surface area contributed by atoms with E-state index in [1.807, 2.05) is 12.1 Å². The third-order valence-corrected chi connectivity index (χ3v) is 12.1. The number of ether oxygens (including phenoxy) is 9. The van der Waals surface area contributed by atoms with Crippen molar-refractivity contribution in [1.82, 2.24) is 0 Å². The number of hydrogen-bond donors (Lipinski definition) is 1. The fraction of sp³-hybridized carbons (Fsp3) is 0.800. The molecule has 280 valence electrons. The zero-order valence-electron chi connectivity index (χ0n) is 30.6. The van der Waals surface area contributed by atoms with Crippen LogP contribution in [0.4, 0.5) is 5.69 Å². The van der Waals surface area contributed by atoms with Crippen molar-refractivity contribution in [2.75, 3.05) is 131 Å². The van der Waals surface area contributed by atoms with Gasteiger partial charge in [-0.15, -0.1) is 0 Å². The normalized spacial score (nSPS) is 12.0. The molecule has 1 rings (SSSR count). The van der Waals surface area contributed by atoms with Crippen molar-refractivity contribution >= 4 is 20.0 Å². The second kappa shape index (κ2) is 29.1. The molecule has 0 aliphatic heterocycles. The quantitative estimate of drug-likeness (QED) is 0.0588. The number of nitrogens with one attached hydrogen (secondary N) is 1. The number of esters is 1. The summed E-state index contributed by atoms with van der Waals surface area (Å²) in [7, 11) is -1.70. The topological polar surface area (TPSA) is 121 Å². The van der Waals surface area contributed by atoms with Crippen LogP contribution >= 0.6 is 0 Å². The van der Waals surface area contributed by atoms with Crippen molar-refractivity contribution in [2.45, 2.75) is 58.7 Å². The summed E-state index contributed by atoms with van der Waals surface area (Å²) in [6.45, 7) is 22.9. The second-order valence-corrected chi connectivity index (χ2v) is 17.3. The lowest BCUT2D eigenvalue weighted by Crippen LogP contribution is -2.41. The summed E-state index contributed by atoms with van der Waals surface area (Å²) in [5.41, 5.74) is 1.52. The van der Waals surface area contributed by atoms with Crippen molar-refractivity contribution in [3.8, 4) is 0 Å². The summed E-state index contributed by atoms with van der Waals surface area (Å²) in [5.74, 6) is -0.358. The molecule has 12 nitrogen and oxygen atoms in total. The van der Waals surface area contributed by atoms with Crippen LogP contribution in [0.5, 0.6) is 0 Å². The second-order valence-electron chi connectivity index (χ2n) is 12.5. The van der Waals surface area contributed by atoms with Crippen LogP contribution in [0, 0.1) is 0 Å². The number of rotatable bonds is 33. The molecule has 0 heterocycles. The van der Waals surface area contributed by atoms with E-state index in [2.05, 4.69) is 46.1 Å². The van der Waals surface area contributed by atoms with Crippen LogP contribution < -0.4 is 5.32 Å². The van der Waals surface area contributed by atoms with E-state index in [1.54, 1.807) is 12.1 Å². The van der Waals surface area contributed by atoms with Crippen molar-refractivity contribution in [2.24, 2.45) is 0 Å². The zero-order valence-corrected chi connectivity index (χ0v) is 31.6. The first-order chi connectivity index (χ1) is 23.2. The first kappa shape index (κ1) is 44.4. The van der Waals surface area contributed by atoms with Crippen LogP contribution in [-0.2, 0) is 47.1 Å². The van der Waals surface area contributed by atoms with Gasteiger partial charge in [-0.25, -0.2) is 4.79 Å². The van der Waals surface area contributed by atoms with Gasteiger partial charge in [-0.05, 0) is 48.8 Å². The molecule has 0 amide bonds. The van der Waals surface area contributed by atoms with E-state index in [0.717, 1.165) is 25.1 Å². The summed E-state index contributed by atoms with van der Waals surface area (Å²) in [5, 5.41) is 3.53. The number of benzene rings is 1. The third-order valence-electron chi connectivity index (χ3n) is 7.54. The highest BCUT2D eigenvalue weighted by molar-refractivity contribution is 6.74. The minimum absolute atomic E-state index is 0.193. The molecule has 1 aromatic rings. The lowest BCUT2D eigenvalue weighted by molar-refractivity contribution is -0.0248. The molecule has 0 saturated carbocycles. The molecule has 0 saturated heterocycles. The van der Waals surface area contributed by atoms with Crippen LogP contribution in [0.1, 0.15) is 50.9 Å². The van der Waals surface area contributed by atoms with Crippen LogP contribution in [0.2, 0.25) is 18.1 Å². The van der Waals surface area contributed by atoms with E-state index in [1.165, 1.54) is 0 Å². The summed E-state index contributed by atoms with van der Waals surface area (Å²) in [6, 6.07) is 7.30. The lowest BCUT2D eigenvalue weighted by Gasteiger charge is -2.36. The van der Waals surface area contributed by atoms with Gasteiger partial charge in [0.2, 0.25) is 0 Å². The Morgan fingerprint density at radius 1 is 0.583 bits per heavy atom. The van der Waals surface area contributed by atoms with Gasteiger partial charge in [-0.1, -0.05) is 34.1 Å². The van der Waals surface area contributed by atoms with Crippen LogP contribution in [0.15, 0.2) is 24.3 Å². The first-order valence-corrected chi connectivity index (χ1v) is 20.3. The van der Waals surface area contributed by atoms with Gasteiger partial charge in [0.1, 0.15) is 6.61 Å². The average Bonchev–Trinajstić information content (AvgIpc) is 3.05. The predicted molar refractivity (Wildman–Crippen MR) is 190 cm³/mol. The molecule has 1 aromatic carbocycles. The minimum atomic E-state index is -1.70. The predicted octanol–water partition coefficient (Wildman–Crippen LogP) is 5.21. The van der Waals surface area contributed by atoms with Gasteiger partial charge >= 0.3 is 5.97 Å². The van der Waals surface area contributed by atoms with Gasteiger partial charge in [0.25, 0.3) is 0 Å². The largest absolute Gasteiger partial charge is 0.460 e. The zero-order chi connectivity index (χ0) is 35.2. The summed E-state index contributed by atoms with van der Waals surface area (Å²) < 4.78 is 55.3. The smallest absolute Gasteiger partial charge is 0.338 e. The van der Waals surface area contributed by atoms with Crippen molar-refractivity contribution in [1.29, 1.82) is 0 Å². The van der Waals surface area contributed by atoms with Gasteiger partial charge in [-0.2, -0.15) is 0 Å². The fourth-order valence-corrected chi connectivity index (χ4v) is 4.65. The maximum Gasteiger partial charge on any atom is 0.338 e. The molecule has 0 radical (unpaired) electrons. The van der Waals surface area contributed by atoms with Gasteiger partial charge in [0, 0.05) is 12.2 Å². The highest BCUT2D eigenvalue weighted by atomic mass is 28.4. The maximum absolute atomic E-state index is 12.1. The third kappa shape index (κ3) is 24.5. The van der Waals surface area contributed by atoms with Gasteiger partial charge in [0.05, 0.1) is 118 Å². The van der Waals surface area contributed by atoms with Gasteiger partial charge in [-0.3, -0.25) is 0 Å². The van der Waals surface area contributed by atoms with Crippen LogP contribution in [-0.4, -0.2) is 140 Å². The van der Waals surface area contributed by atoms with Crippen LogP contribution in [0.3, 0.4) is 0 Å². The standard InChI is InChI=1S/C35H65NO11Si/c1-7-8-13-36-33-11-9-32(10-12-33)34(37)46-30-28-44-26-24-42-22-20-40-18-16-38-14-15-39-17-19-41-21-23-43-25-27-45-29-31-47-48(5,6)35(2,3)4/h9-12,36H,7-8,13-31H2,1-6H3. The molecule has 0 fully saturated rings. The molecule has 0 spiro atoms. The first-order valence-electron chi connectivity index (χ1n) is 17.4. The SMILES string of the molecule is CCCCNc1ccc(C(=O)OCCOCCOCCOCCOCCOCCOCCOCCOCCO[Si](C)(C)C(C)(C)C)cc1. The molecule has 1 N–H and O–H groups in total. The Morgan fingerprint density at radius 3 is 1.29 bits per heavy atom. The van der Waals surface area contributed by atoms with Crippen molar-refractivity contribution in [3.63, 3.8) is 0 Å². The lowest BCUT2D eigenvalue weighted by atomic mass is 10.2. The molecule has 0 aliphatic carbocycles. The summed E-state index contributed by atoms with van der Waals surface area (Å²) in [4.78, 5) is 12.1. The number of carbonyl (C=O) groups is 1. The van der Waals surface area contributed by atoms with Crippen LogP contribution in [0.25, 0.3) is 0 Å². The number of anilines is 1. The Bertz CT molecular complexity index is 884. The number of unbranched alkanes of at least 4 members (excludes halogenated alkanes) is 1. The number of hydrogen-bond acceptors (Lipinski definition) is 12. The Labute approximate surface area is 290 Å². The molecule has 0 aliphatic rings. The Hall–Kier alpha value is -1.65. The molecular formula is C35H65NO11Si. The van der Waals surface area contributed by atoms with Gasteiger partial charge in [0.15, 0.2) is 8.32 Å². The highest BCUT2D eigenvalue weighted by Gasteiger charge is 2.36. The molecular weight excluding hydrogens is 638 g/mol. The maximum atomic E-state index is 12.1. The van der Waals surface area contributed by atoms with Gasteiger partial charge < -0.3 is 52.4 Å². The Balaban J connectivity index is 1.74. The monoisotopic (exact) mass is 703 g/mol. The molecule has 48 heavy (non-hydrogen) atoms. The molecule has 0 unspecified atom stereocenters. The van der Waals surface area contributed by atoms with E-state index in [4.69, 9.17) is 47.1 Å². The van der Waals surface area contributed by atoms with E-state index in [9.17, 15) is 4.79 Å². The van der Waals surface area contributed by atoms with Crippen molar-refractivity contribution < 1.29 is 51.9 Å². The van der Waals surface area contributed by atoms with E-state index in [0.29, 0.717) is 118 Å². The molecule has 0 aromatic heterocycles. The Kier molecular flexibility index (Phi) is 26.9. The molecule has 13 heteroatoms. The summed E-state index contributed by atoms with van der Waals surface area (Å²) >= 11 is 0. The Morgan fingerprint density at radius 2 is 0.938 bits per heavy atom. The highest BCUT2D eigenvalue weighted by Crippen LogP contribution is 2.36. The van der Waals surface area contributed by atoms with E-state index >= 15 is 0 Å².